The van der Waals surface area contributed by atoms with Gasteiger partial charge in [-0.1, -0.05) is 24.3 Å². The maximum atomic E-state index is 11.2. The van der Waals surface area contributed by atoms with Gasteiger partial charge in [-0.25, -0.2) is 4.98 Å². The zero-order valence-electron chi connectivity index (χ0n) is 10.8. The molecule has 0 spiro atoms. The smallest absolute Gasteiger partial charge is 0.325 e. The second kappa shape index (κ2) is 4.88. The van der Waals surface area contributed by atoms with Gasteiger partial charge in [-0.05, 0) is 24.3 Å². The van der Waals surface area contributed by atoms with E-state index in [9.17, 15) is 4.79 Å². The summed E-state index contributed by atoms with van der Waals surface area (Å²) in [4.78, 5) is 15.9. The Morgan fingerprint density at radius 2 is 2.21 bits per heavy atom. The number of benzene rings is 1. The molecule has 3 rings (SSSR count). The summed E-state index contributed by atoms with van der Waals surface area (Å²) in [5.41, 5.74) is 1.12. The van der Waals surface area contributed by atoms with Gasteiger partial charge in [-0.3, -0.25) is 4.79 Å². The molecule has 1 aliphatic rings. The highest BCUT2D eigenvalue weighted by molar-refractivity contribution is 5.93. The maximum Gasteiger partial charge on any atom is 0.325 e. The molecule has 1 heterocycles. The fourth-order valence-electron chi connectivity index (χ4n) is 2.17. The van der Waals surface area contributed by atoms with Crippen LogP contribution in [0, 0.1) is 0 Å². The van der Waals surface area contributed by atoms with Crippen LogP contribution in [0.2, 0.25) is 0 Å². The normalized spacial score (nSPS) is 14.4. The number of rotatable bonds is 4. The van der Waals surface area contributed by atoms with Crippen LogP contribution >= 0.6 is 0 Å². The number of fused-ring (bicyclic) bond motifs is 1. The lowest BCUT2D eigenvalue weighted by Gasteiger charge is -2.10. The SMILES string of the molecule is COC(=O)CNc1nc(C2CC2)cc2ccccc12. The Hall–Kier alpha value is -2.10. The molecule has 1 N–H and O–H groups in total. The molecule has 1 aromatic heterocycles. The van der Waals surface area contributed by atoms with Gasteiger partial charge in [0.15, 0.2) is 0 Å². The Balaban J connectivity index is 1.97. The summed E-state index contributed by atoms with van der Waals surface area (Å²) >= 11 is 0. The van der Waals surface area contributed by atoms with Crippen LogP contribution < -0.4 is 5.32 Å². The molecule has 4 nitrogen and oxygen atoms in total. The van der Waals surface area contributed by atoms with Gasteiger partial charge in [0.05, 0.1) is 7.11 Å². The van der Waals surface area contributed by atoms with Gasteiger partial charge >= 0.3 is 5.97 Å². The highest BCUT2D eigenvalue weighted by atomic mass is 16.5. The summed E-state index contributed by atoms with van der Waals surface area (Å²) in [6.07, 6.45) is 2.42. The van der Waals surface area contributed by atoms with Crippen LogP contribution in [-0.2, 0) is 9.53 Å². The monoisotopic (exact) mass is 256 g/mol. The number of nitrogens with zero attached hydrogens (tertiary/aromatic N) is 1. The summed E-state index contributed by atoms with van der Waals surface area (Å²) in [7, 11) is 1.39. The molecule has 0 radical (unpaired) electrons. The second-order valence-corrected chi connectivity index (χ2v) is 4.82. The summed E-state index contributed by atoms with van der Waals surface area (Å²) < 4.78 is 4.64. The number of carbonyl (C=O) groups is 1. The molecule has 0 bridgehead atoms. The van der Waals surface area contributed by atoms with E-state index < -0.39 is 0 Å². The number of carbonyl (C=O) groups excluding carboxylic acids is 1. The predicted octanol–water partition coefficient (Wildman–Crippen LogP) is 2.70. The van der Waals surface area contributed by atoms with E-state index in [4.69, 9.17) is 0 Å². The van der Waals surface area contributed by atoms with E-state index in [0.29, 0.717) is 5.92 Å². The van der Waals surface area contributed by atoms with E-state index >= 15 is 0 Å². The van der Waals surface area contributed by atoms with E-state index in [1.165, 1.54) is 20.0 Å². The molecule has 1 aromatic carbocycles. The number of ether oxygens (including phenoxy) is 1. The van der Waals surface area contributed by atoms with E-state index in [-0.39, 0.29) is 12.5 Å². The van der Waals surface area contributed by atoms with Crippen molar-refractivity contribution in [3.63, 3.8) is 0 Å². The van der Waals surface area contributed by atoms with Crippen LogP contribution in [0.3, 0.4) is 0 Å². The minimum atomic E-state index is -0.289. The Morgan fingerprint density at radius 1 is 1.42 bits per heavy atom. The lowest BCUT2D eigenvalue weighted by Crippen LogP contribution is -2.16. The zero-order valence-corrected chi connectivity index (χ0v) is 10.8. The van der Waals surface area contributed by atoms with Crippen LogP contribution in [-0.4, -0.2) is 24.6 Å². The number of pyridine rings is 1. The number of esters is 1. The van der Waals surface area contributed by atoms with Crippen molar-refractivity contribution in [1.82, 2.24) is 4.98 Å². The van der Waals surface area contributed by atoms with Crippen molar-refractivity contribution in [3.8, 4) is 0 Å². The first kappa shape index (κ1) is 12.0. The van der Waals surface area contributed by atoms with Gasteiger partial charge in [0.2, 0.25) is 0 Å². The standard InChI is InChI=1S/C15H16N2O2/c1-19-14(18)9-16-15-12-5-3-2-4-11(12)8-13(17-15)10-6-7-10/h2-5,8,10H,6-7,9H2,1H3,(H,16,17). The van der Waals surface area contributed by atoms with Crippen molar-refractivity contribution < 1.29 is 9.53 Å². The summed E-state index contributed by atoms with van der Waals surface area (Å²) in [6.45, 7) is 0.140. The van der Waals surface area contributed by atoms with E-state index in [2.05, 4.69) is 27.2 Å². The van der Waals surface area contributed by atoms with Gasteiger partial charge in [0.25, 0.3) is 0 Å². The molecule has 2 aromatic rings. The topological polar surface area (TPSA) is 51.2 Å². The van der Waals surface area contributed by atoms with Gasteiger partial charge in [0, 0.05) is 17.0 Å². The number of anilines is 1. The summed E-state index contributed by atoms with van der Waals surface area (Å²) in [5, 5.41) is 5.27. The third-order valence-corrected chi connectivity index (χ3v) is 3.38. The highest BCUT2D eigenvalue weighted by Gasteiger charge is 2.25. The van der Waals surface area contributed by atoms with E-state index in [1.54, 1.807) is 0 Å². The van der Waals surface area contributed by atoms with Crippen LogP contribution in [0.1, 0.15) is 24.5 Å². The van der Waals surface area contributed by atoms with E-state index in [1.807, 2.05) is 18.2 Å². The molecule has 4 heteroatoms. The minimum Gasteiger partial charge on any atom is -0.468 e. The van der Waals surface area contributed by atoms with Crippen molar-refractivity contribution in [2.24, 2.45) is 0 Å². The van der Waals surface area contributed by atoms with Crippen molar-refractivity contribution >= 4 is 22.6 Å². The fourth-order valence-corrected chi connectivity index (χ4v) is 2.17. The first-order chi connectivity index (χ1) is 9.28. The van der Waals surface area contributed by atoms with Gasteiger partial charge in [-0.2, -0.15) is 0 Å². The van der Waals surface area contributed by atoms with Crippen molar-refractivity contribution in [3.05, 3.63) is 36.0 Å². The molecule has 1 fully saturated rings. The quantitative estimate of drug-likeness (QED) is 0.854. The molecule has 19 heavy (non-hydrogen) atoms. The molecule has 98 valence electrons. The maximum absolute atomic E-state index is 11.2. The molecule has 1 saturated carbocycles. The van der Waals surface area contributed by atoms with Gasteiger partial charge in [-0.15, -0.1) is 0 Å². The van der Waals surface area contributed by atoms with Crippen molar-refractivity contribution in [2.45, 2.75) is 18.8 Å². The Kier molecular flexibility index (Phi) is 3.07. The zero-order chi connectivity index (χ0) is 13.2. The Bertz CT molecular complexity index is 621. The van der Waals surface area contributed by atoms with Crippen LogP contribution in [0.5, 0.6) is 0 Å². The highest BCUT2D eigenvalue weighted by Crippen LogP contribution is 2.40. The average Bonchev–Trinajstić information content (AvgIpc) is 3.28. The molecule has 0 unspecified atom stereocenters. The number of hydrogen-bond acceptors (Lipinski definition) is 4. The lowest BCUT2D eigenvalue weighted by molar-refractivity contribution is -0.138. The summed E-state index contributed by atoms with van der Waals surface area (Å²) in [5.74, 6) is 1.07. The molecule has 0 amide bonds. The number of nitrogens with one attached hydrogen (secondary N) is 1. The second-order valence-electron chi connectivity index (χ2n) is 4.82. The third-order valence-electron chi connectivity index (χ3n) is 3.38. The Labute approximate surface area is 111 Å². The van der Waals surface area contributed by atoms with E-state index in [0.717, 1.165) is 22.3 Å². The average molecular weight is 256 g/mol. The first-order valence-electron chi connectivity index (χ1n) is 6.48. The lowest BCUT2D eigenvalue weighted by atomic mass is 10.1. The molecule has 0 saturated heterocycles. The third kappa shape index (κ3) is 2.52. The largest absolute Gasteiger partial charge is 0.468 e. The minimum absolute atomic E-state index is 0.140. The van der Waals surface area contributed by atoms with Gasteiger partial charge in [0.1, 0.15) is 12.4 Å². The first-order valence-corrected chi connectivity index (χ1v) is 6.48. The summed E-state index contributed by atoms with van der Waals surface area (Å²) in [6, 6.07) is 10.2. The number of hydrogen-bond donors (Lipinski definition) is 1. The molecular formula is C15H16N2O2. The number of methoxy groups -OCH3 is 1. The van der Waals surface area contributed by atoms with Crippen molar-refractivity contribution in [2.75, 3.05) is 19.0 Å². The fraction of sp³-hybridized carbons (Fsp3) is 0.333. The van der Waals surface area contributed by atoms with Crippen LogP contribution in [0.25, 0.3) is 10.8 Å². The predicted molar refractivity (Wildman–Crippen MR) is 74.2 cm³/mol. The molecule has 0 aliphatic heterocycles. The van der Waals surface area contributed by atoms with Crippen LogP contribution in [0.15, 0.2) is 30.3 Å². The molecule has 0 atom stereocenters. The van der Waals surface area contributed by atoms with Crippen molar-refractivity contribution in [1.29, 1.82) is 0 Å². The Morgan fingerprint density at radius 3 is 2.95 bits per heavy atom. The number of aromatic nitrogens is 1. The van der Waals surface area contributed by atoms with Gasteiger partial charge < -0.3 is 10.1 Å². The molecular weight excluding hydrogens is 240 g/mol. The molecule has 1 aliphatic carbocycles. The van der Waals surface area contributed by atoms with Crippen LogP contribution in [0.4, 0.5) is 5.82 Å².